The molecule has 1 aliphatic heterocycles. The summed E-state index contributed by atoms with van der Waals surface area (Å²) in [4.78, 5) is 28.6. The third-order valence-corrected chi connectivity index (χ3v) is 8.96. The first kappa shape index (κ1) is 33.7. The van der Waals surface area contributed by atoms with E-state index in [4.69, 9.17) is 14.2 Å². The molecule has 250 valence electrons. The van der Waals surface area contributed by atoms with Crippen LogP contribution in [0.2, 0.25) is 0 Å². The van der Waals surface area contributed by atoms with Gasteiger partial charge in [0.15, 0.2) is 6.29 Å². The number of nitrogens with zero attached hydrogens (tertiary/aromatic N) is 1. The highest BCUT2D eigenvalue weighted by atomic mass is 32.2. The summed E-state index contributed by atoms with van der Waals surface area (Å²) in [5.41, 5.74) is 4.24. The zero-order valence-corrected chi connectivity index (χ0v) is 27.2. The maximum Gasteiger partial charge on any atom is 0.338 e. The molecule has 4 N–H and O–H groups in total. The van der Waals surface area contributed by atoms with Gasteiger partial charge in [-0.2, -0.15) is 0 Å². The highest BCUT2D eigenvalue weighted by Gasteiger charge is 2.32. The van der Waals surface area contributed by atoms with Crippen LogP contribution >= 0.6 is 11.8 Å². The van der Waals surface area contributed by atoms with Gasteiger partial charge >= 0.3 is 12.0 Å². The van der Waals surface area contributed by atoms with Gasteiger partial charge in [-0.1, -0.05) is 66.7 Å². The molecule has 1 aromatic heterocycles. The van der Waals surface area contributed by atoms with Crippen molar-refractivity contribution in [1.29, 1.82) is 0 Å². The smallest absolute Gasteiger partial charge is 0.338 e. The second kappa shape index (κ2) is 16.3. The molecule has 0 bridgehead atoms. The second-order valence-corrected chi connectivity index (χ2v) is 12.3. The first-order chi connectivity index (χ1) is 23.9. The molecule has 49 heavy (non-hydrogen) atoms. The number of aromatic nitrogens is 1. The van der Waals surface area contributed by atoms with Gasteiger partial charge in [0, 0.05) is 36.2 Å². The molecule has 0 saturated carbocycles. The van der Waals surface area contributed by atoms with Crippen molar-refractivity contribution in [2.45, 2.75) is 43.1 Å². The molecule has 0 radical (unpaired) electrons. The number of hydrogen-bond acceptors (Lipinski definition) is 8. The van der Waals surface area contributed by atoms with Crippen LogP contribution in [0.4, 0.5) is 10.5 Å². The Labute approximate surface area is 288 Å². The fraction of sp³-hybridized carbons (Fsp3) is 0.184. The highest BCUT2D eigenvalue weighted by Crippen LogP contribution is 2.39. The number of urea groups is 1. The van der Waals surface area contributed by atoms with E-state index in [0.717, 1.165) is 28.0 Å². The lowest BCUT2D eigenvalue weighted by Crippen LogP contribution is -2.31. The predicted molar refractivity (Wildman–Crippen MR) is 186 cm³/mol. The van der Waals surface area contributed by atoms with E-state index in [1.165, 1.54) is 17.8 Å². The summed E-state index contributed by atoms with van der Waals surface area (Å²) in [7, 11) is 0. The number of benzene rings is 4. The molecule has 10 nitrogen and oxygen atoms in total. The SMILES string of the molecule is O=C(NCc1ccc([C@@H]2O[C@H](CSc3ncccc3C(=O)O)C[C@H](c3ccc(CO)cc3)O2)cc1)Nc1ccc(Oc2ccccc2)cc1. The van der Waals surface area contributed by atoms with Gasteiger partial charge in [0.05, 0.1) is 24.4 Å². The van der Waals surface area contributed by atoms with Crippen molar-refractivity contribution >= 4 is 29.4 Å². The van der Waals surface area contributed by atoms with Gasteiger partial charge in [-0.25, -0.2) is 14.6 Å². The van der Waals surface area contributed by atoms with Crippen molar-refractivity contribution in [3.63, 3.8) is 0 Å². The number of pyridine rings is 1. The molecule has 1 saturated heterocycles. The fourth-order valence-corrected chi connectivity index (χ4v) is 6.25. The van der Waals surface area contributed by atoms with Crippen molar-refractivity contribution in [3.05, 3.63) is 149 Å². The van der Waals surface area contributed by atoms with Crippen molar-refractivity contribution in [2.24, 2.45) is 0 Å². The van der Waals surface area contributed by atoms with Gasteiger partial charge in [0.25, 0.3) is 0 Å². The van der Waals surface area contributed by atoms with E-state index in [1.807, 2.05) is 78.9 Å². The third kappa shape index (κ3) is 9.24. The molecule has 5 aromatic rings. The molecule has 1 fully saturated rings. The largest absolute Gasteiger partial charge is 0.478 e. The average Bonchev–Trinajstić information content (AvgIpc) is 3.14. The van der Waals surface area contributed by atoms with Crippen molar-refractivity contribution < 1.29 is 34.0 Å². The van der Waals surface area contributed by atoms with Crippen molar-refractivity contribution in [3.8, 4) is 11.5 Å². The zero-order valence-electron chi connectivity index (χ0n) is 26.4. The van der Waals surface area contributed by atoms with E-state index in [1.54, 1.807) is 36.5 Å². The number of rotatable bonds is 12. The Hall–Kier alpha value is -5.20. The second-order valence-electron chi connectivity index (χ2n) is 11.3. The summed E-state index contributed by atoms with van der Waals surface area (Å²) < 4.78 is 18.6. The van der Waals surface area contributed by atoms with Crippen LogP contribution in [0.3, 0.4) is 0 Å². The Morgan fingerprint density at radius 2 is 1.51 bits per heavy atom. The number of anilines is 1. The Kier molecular flexibility index (Phi) is 11.2. The lowest BCUT2D eigenvalue weighted by Gasteiger charge is -2.36. The molecule has 3 atom stereocenters. The third-order valence-electron chi connectivity index (χ3n) is 7.82. The number of carboxylic acid groups (broad SMARTS) is 1. The first-order valence-electron chi connectivity index (χ1n) is 15.7. The molecule has 0 spiro atoms. The van der Waals surface area contributed by atoms with Crippen LogP contribution in [0.15, 0.2) is 126 Å². The van der Waals surface area contributed by atoms with Gasteiger partial charge in [-0.15, -0.1) is 11.8 Å². The topological polar surface area (TPSA) is 139 Å². The number of nitrogens with one attached hydrogen (secondary N) is 2. The molecule has 1 aliphatic rings. The van der Waals surface area contributed by atoms with Crippen molar-refractivity contribution in [1.82, 2.24) is 10.3 Å². The Morgan fingerprint density at radius 1 is 0.816 bits per heavy atom. The Bertz CT molecular complexity index is 1840. The maximum absolute atomic E-state index is 12.6. The summed E-state index contributed by atoms with van der Waals surface area (Å²) in [5, 5.41) is 25.2. The number of thioether (sulfide) groups is 1. The summed E-state index contributed by atoms with van der Waals surface area (Å²) in [6.45, 7) is 0.260. The predicted octanol–water partition coefficient (Wildman–Crippen LogP) is 7.72. The monoisotopic (exact) mass is 677 g/mol. The number of para-hydroxylation sites is 1. The van der Waals surface area contributed by atoms with Crippen LogP contribution in [-0.4, -0.2) is 39.1 Å². The van der Waals surface area contributed by atoms with Crippen LogP contribution in [-0.2, 0) is 22.6 Å². The number of aliphatic hydroxyl groups is 1. The van der Waals surface area contributed by atoms with Crippen LogP contribution in [0.25, 0.3) is 0 Å². The summed E-state index contributed by atoms with van der Waals surface area (Å²) >= 11 is 1.34. The molecule has 0 unspecified atom stereocenters. The van der Waals surface area contributed by atoms with Gasteiger partial charge in [0.2, 0.25) is 0 Å². The van der Waals surface area contributed by atoms with E-state index in [-0.39, 0.29) is 30.4 Å². The van der Waals surface area contributed by atoms with Gasteiger partial charge < -0.3 is 35.1 Å². The normalized spacial score (nSPS) is 17.2. The number of hydrogen-bond donors (Lipinski definition) is 4. The number of carboxylic acids is 1. The Balaban J connectivity index is 1.07. The quantitative estimate of drug-likeness (QED) is 0.0978. The number of aliphatic hydroxyl groups excluding tert-OH is 1. The number of carbonyl (C=O) groups excluding carboxylic acids is 1. The number of aromatic carboxylic acids is 1. The number of amides is 2. The zero-order chi connectivity index (χ0) is 34.0. The van der Waals surface area contributed by atoms with E-state index >= 15 is 0 Å². The molecule has 2 amide bonds. The lowest BCUT2D eigenvalue weighted by molar-refractivity contribution is -0.245. The standard InChI is InChI=1S/C38H35N3O7S/c42-23-26-10-12-27(13-11-26)34-21-32(24-49-35-33(36(43)44)7-4-20-39-35)47-37(48-34)28-14-8-25(9-15-28)22-40-38(45)41-29-16-18-31(19-17-29)46-30-5-2-1-3-6-30/h1-20,32,34,37,42H,21-24H2,(H,43,44)(H2,40,41,45)/t32-,34+,37+/m0/s1. The molecule has 4 aromatic carbocycles. The minimum absolute atomic E-state index is 0.0482. The first-order valence-corrected chi connectivity index (χ1v) is 16.7. The van der Waals surface area contributed by atoms with Crippen LogP contribution in [0.1, 0.15) is 51.4 Å². The van der Waals surface area contributed by atoms with E-state index in [0.29, 0.717) is 35.2 Å². The minimum atomic E-state index is -1.03. The van der Waals surface area contributed by atoms with Gasteiger partial charge in [-0.05, 0) is 65.2 Å². The molecule has 11 heteroatoms. The van der Waals surface area contributed by atoms with Gasteiger partial charge in [-0.3, -0.25) is 0 Å². The highest BCUT2D eigenvalue weighted by molar-refractivity contribution is 7.99. The maximum atomic E-state index is 12.6. The molecular formula is C38H35N3O7S. The molecular weight excluding hydrogens is 642 g/mol. The summed E-state index contributed by atoms with van der Waals surface area (Å²) in [6, 6.07) is 34.7. The molecule has 6 rings (SSSR count). The van der Waals surface area contributed by atoms with E-state index < -0.39 is 12.3 Å². The van der Waals surface area contributed by atoms with Crippen LogP contribution < -0.4 is 15.4 Å². The number of ether oxygens (including phenoxy) is 3. The molecule has 2 heterocycles. The van der Waals surface area contributed by atoms with E-state index in [9.17, 15) is 19.8 Å². The van der Waals surface area contributed by atoms with E-state index in [2.05, 4.69) is 15.6 Å². The van der Waals surface area contributed by atoms with Gasteiger partial charge in [0.1, 0.15) is 16.5 Å². The fourth-order valence-electron chi connectivity index (χ4n) is 5.24. The Morgan fingerprint density at radius 3 is 2.22 bits per heavy atom. The minimum Gasteiger partial charge on any atom is -0.478 e. The summed E-state index contributed by atoms with van der Waals surface area (Å²) in [5.74, 6) is 0.846. The van der Waals surface area contributed by atoms with Crippen LogP contribution in [0.5, 0.6) is 11.5 Å². The summed E-state index contributed by atoms with van der Waals surface area (Å²) in [6.07, 6.45) is 0.900. The molecule has 0 aliphatic carbocycles. The van der Waals surface area contributed by atoms with Crippen molar-refractivity contribution in [2.75, 3.05) is 11.1 Å². The lowest BCUT2D eigenvalue weighted by atomic mass is 10.0. The number of carbonyl (C=O) groups is 2. The average molecular weight is 678 g/mol. The van der Waals surface area contributed by atoms with Crippen LogP contribution in [0, 0.1) is 0 Å².